The van der Waals surface area contributed by atoms with Crippen molar-refractivity contribution in [2.75, 3.05) is 70.3 Å². The van der Waals surface area contributed by atoms with Crippen molar-refractivity contribution in [1.29, 1.82) is 0 Å². The fraction of sp³-hybridized carbons (Fsp3) is 0.478. The summed E-state index contributed by atoms with van der Waals surface area (Å²) in [6.45, 7) is 10.7. The predicted octanol–water partition coefficient (Wildman–Crippen LogP) is 2.76. The molecule has 0 atom stereocenters. The van der Waals surface area contributed by atoms with Gasteiger partial charge in [0, 0.05) is 68.7 Å². The third-order valence-corrected chi connectivity index (χ3v) is 6.69. The lowest BCUT2D eigenvalue weighted by molar-refractivity contribution is 0.269. The van der Waals surface area contributed by atoms with Gasteiger partial charge >= 0.3 is 0 Å². The smallest absolute Gasteiger partial charge is 0.0552 e. The zero-order chi connectivity index (χ0) is 19.7. The lowest BCUT2D eigenvalue weighted by atomic mass is 10.2. The summed E-state index contributed by atoms with van der Waals surface area (Å²) in [4.78, 5) is 7.84. The van der Waals surface area contributed by atoms with Crippen LogP contribution in [0.15, 0.2) is 58.3 Å². The zero-order valence-electron chi connectivity index (χ0n) is 17.2. The standard InChI is InChI=1S/C23H33N5S/c1-3-8-22-20(6-1)28(21-7-2-4-9-23(21)29-22)17-5-16-27-18-14-25-12-10-24-11-13-26-15-19-27/h1-4,6-9,24-26H,5,10-19H2. The maximum Gasteiger partial charge on any atom is 0.0552 e. The van der Waals surface area contributed by atoms with Gasteiger partial charge in [-0.1, -0.05) is 36.0 Å². The molecule has 156 valence electrons. The summed E-state index contributed by atoms with van der Waals surface area (Å²) in [6, 6.07) is 17.6. The molecule has 4 rings (SSSR count). The maximum atomic E-state index is 3.56. The summed E-state index contributed by atoms with van der Waals surface area (Å²) in [5.74, 6) is 0. The van der Waals surface area contributed by atoms with Gasteiger partial charge < -0.3 is 25.8 Å². The van der Waals surface area contributed by atoms with Crippen LogP contribution in [0.3, 0.4) is 0 Å². The first-order valence-electron chi connectivity index (χ1n) is 10.9. The molecule has 2 aromatic rings. The van der Waals surface area contributed by atoms with Gasteiger partial charge in [-0.2, -0.15) is 0 Å². The molecule has 5 nitrogen and oxygen atoms in total. The van der Waals surface area contributed by atoms with Gasteiger partial charge in [-0.15, -0.1) is 0 Å². The molecule has 1 fully saturated rings. The molecule has 0 bridgehead atoms. The number of para-hydroxylation sites is 2. The highest BCUT2D eigenvalue weighted by molar-refractivity contribution is 7.99. The predicted molar refractivity (Wildman–Crippen MR) is 124 cm³/mol. The molecule has 1 saturated heterocycles. The number of hydrogen-bond acceptors (Lipinski definition) is 6. The van der Waals surface area contributed by atoms with Crippen LogP contribution in [-0.4, -0.2) is 70.3 Å². The number of benzene rings is 2. The molecule has 3 N–H and O–H groups in total. The first-order valence-corrected chi connectivity index (χ1v) is 11.7. The molecule has 0 saturated carbocycles. The SMILES string of the molecule is c1ccc2c(c1)Sc1ccccc1N2CCCN1CCNCCNCCNCC1. The van der Waals surface area contributed by atoms with Crippen molar-refractivity contribution in [3.05, 3.63) is 48.5 Å². The average Bonchev–Trinajstić information content (AvgIpc) is 2.75. The highest BCUT2D eigenvalue weighted by atomic mass is 32.2. The number of nitrogens with zero attached hydrogens (tertiary/aromatic N) is 2. The van der Waals surface area contributed by atoms with E-state index in [-0.39, 0.29) is 0 Å². The minimum Gasteiger partial charge on any atom is -0.340 e. The Morgan fingerprint density at radius 2 is 1.17 bits per heavy atom. The Bertz CT molecular complexity index is 711. The molecule has 6 heteroatoms. The zero-order valence-corrected chi connectivity index (χ0v) is 18.0. The van der Waals surface area contributed by atoms with E-state index in [1.807, 2.05) is 11.8 Å². The van der Waals surface area contributed by atoms with Crippen LogP contribution in [0.25, 0.3) is 0 Å². The van der Waals surface area contributed by atoms with Gasteiger partial charge in [0.1, 0.15) is 0 Å². The van der Waals surface area contributed by atoms with E-state index in [1.165, 1.54) is 21.2 Å². The molecule has 2 aliphatic heterocycles. The molecule has 0 aliphatic carbocycles. The van der Waals surface area contributed by atoms with Gasteiger partial charge in [-0.25, -0.2) is 0 Å². The topological polar surface area (TPSA) is 42.6 Å². The third kappa shape index (κ3) is 5.74. The second kappa shape index (κ2) is 11.0. The fourth-order valence-electron chi connectivity index (χ4n) is 4.01. The van der Waals surface area contributed by atoms with E-state index in [2.05, 4.69) is 74.3 Å². The molecule has 2 heterocycles. The monoisotopic (exact) mass is 411 g/mol. The Labute approximate surface area is 179 Å². The van der Waals surface area contributed by atoms with Gasteiger partial charge in [0.2, 0.25) is 0 Å². The van der Waals surface area contributed by atoms with Crippen LogP contribution in [0.4, 0.5) is 11.4 Å². The maximum absolute atomic E-state index is 3.56. The first kappa shape index (κ1) is 20.7. The fourth-order valence-corrected chi connectivity index (χ4v) is 5.11. The number of hydrogen-bond donors (Lipinski definition) is 3. The summed E-state index contributed by atoms with van der Waals surface area (Å²) >= 11 is 1.89. The second-order valence-electron chi connectivity index (χ2n) is 7.63. The molecular weight excluding hydrogens is 378 g/mol. The van der Waals surface area contributed by atoms with E-state index in [1.54, 1.807) is 0 Å². The van der Waals surface area contributed by atoms with Gasteiger partial charge in [-0.3, -0.25) is 0 Å². The van der Waals surface area contributed by atoms with Gasteiger partial charge in [0.15, 0.2) is 0 Å². The lowest BCUT2D eigenvalue weighted by Gasteiger charge is -2.33. The quantitative estimate of drug-likeness (QED) is 0.719. The Morgan fingerprint density at radius 1 is 0.655 bits per heavy atom. The summed E-state index contributed by atoms with van der Waals surface area (Å²) in [6.07, 6.45) is 1.16. The molecule has 2 aliphatic rings. The Kier molecular flexibility index (Phi) is 7.84. The van der Waals surface area contributed by atoms with E-state index >= 15 is 0 Å². The van der Waals surface area contributed by atoms with Crippen LogP contribution in [0, 0.1) is 0 Å². The Morgan fingerprint density at radius 3 is 1.76 bits per heavy atom. The summed E-state index contributed by atoms with van der Waals surface area (Å²) in [5, 5.41) is 10.6. The van der Waals surface area contributed by atoms with E-state index in [0.29, 0.717) is 0 Å². The number of rotatable bonds is 4. The minimum absolute atomic E-state index is 1.05. The van der Waals surface area contributed by atoms with Gasteiger partial charge in [0.05, 0.1) is 11.4 Å². The van der Waals surface area contributed by atoms with E-state index in [0.717, 1.165) is 71.9 Å². The van der Waals surface area contributed by atoms with Crippen molar-refractivity contribution < 1.29 is 0 Å². The van der Waals surface area contributed by atoms with Crippen molar-refractivity contribution in [2.24, 2.45) is 0 Å². The van der Waals surface area contributed by atoms with E-state index in [9.17, 15) is 0 Å². The molecule has 0 spiro atoms. The first-order chi connectivity index (χ1) is 14.4. The molecule has 29 heavy (non-hydrogen) atoms. The molecule has 0 amide bonds. The Balaban J connectivity index is 1.37. The molecular formula is C23H33N5S. The van der Waals surface area contributed by atoms with Crippen LogP contribution in [-0.2, 0) is 0 Å². The molecule has 0 aromatic heterocycles. The number of nitrogens with one attached hydrogen (secondary N) is 3. The third-order valence-electron chi connectivity index (χ3n) is 5.55. The van der Waals surface area contributed by atoms with Crippen LogP contribution in [0.1, 0.15) is 6.42 Å². The van der Waals surface area contributed by atoms with Crippen molar-refractivity contribution in [3.8, 4) is 0 Å². The molecule has 0 unspecified atom stereocenters. The summed E-state index contributed by atoms with van der Waals surface area (Å²) in [7, 11) is 0. The number of anilines is 2. The summed E-state index contributed by atoms with van der Waals surface area (Å²) < 4.78 is 0. The lowest BCUT2D eigenvalue weighted by Crippen LogP contribution is -2.42. The van der Waals surface area contributed by atoms with Gasteiger partial charge in [-0.05, 0) is 37.2 Å². The number of fused-ring (bicyclic) bond motifs is 2. The van der Waals surface area contributed by atoms with Crippen molar-refractivity contribution >= 4 is 23.1 Å². The van der Waals surface area contributed by atoms with E-state index < -0.39 is 0 Å². The van der Waals surface area contributed by atoms with Gasteiger partial charge in [0.25, 0.3) is 0 Å². The van der Waals surface area contributed by atoms with Crippen molar-refractivity contribution in [1.82, 2.24) is 20.9 Å². The molecule has 2 aromatic carbocycles. The van der Waals surface area contributed by atoms with Crippen LogP contribution >= 0.6 is 11.8 Å². The molecule has 0 radical (unpaired) electrons. The Hall–Kier alpha value is -1.57. The van der Waals surface area contributed by atoms with Crippen LogP contribution in [0.2, 0.25) is 0 Å². The van der Waals surface area contributed by atoms with Crippen LogP contribution < -0.4 is 20.9 Å². The minimum atomic E-state index is 1.05. The van der Waals surface area contributed by atoms with Crippen molar-refractivity contribution in [3.63, 3.8) is 0 Å². The highest BCUT2D eigenvalue weighted by Crippen LogP contribution is 2.47. The second-order valence-corrected chi connectivity index (χ2v) is 8.72. The highest BCUT2D eigenvalue weighted by Gasteiger charge is 2.22. The van der Waals surface area contributed by atoms with E-state index in [4.69, 9.17) is 0 Å². The normalized spacial score (nSPS) is 19.0. The average molecular weight is 412 g/mol. The van der Waals surface area contributed by atoms with Crippen molar-refractivity contribution in [2.45, 2.75) is 16.2 Å². The summed E-state index contributed by atoms with van der Waals surface area (Å²) in [5.41, 5.74) is 2.70. The van der Waals surface area contributed by atoms with Crippen LogP contribution in [0.5, 0.6) is 0 Å². The largest absolute Gasteiger partial charge is 0.340 e.